The summed E-state index contributed by atoms with van der Waals surface area (Å²) in [5, 5.41) is 6.73. The van der Waals surface area contributed by atoms with Crippen LogP contribution >= 0.6 is 0 Å². The van der Waals surface area contributed by atoms with E-state index in [9.17, 15) is 4.79 Å². The number of amides is 1. The molecule has 0 aliphatic carbocycles. The number of carbonyl (C=O) groups excluding carboxylic acids is 1. The standard InChI is InChI=1S/C22H21N5O2/c23-21(28)19-20(26-27-18-11-13-24-12-10-17(18)25-22(19)27)14-6-8-16(9-7-14)29-15-4-2-1-3-5-15/h1-9,24,26H,10-13H2,(H2,23,28). The Morgan fingerprint density at radius 1 is 1.00 bits per heavy atom. The Hall–Kier alpha value is -3.58. The SMILES string of the molecule is NC(=O)c1c(-c2ccc(Oc3ccccc3)cc2)[nH]n2c3c(nc12)CCNCC3. The highest BCUT2D eigenvalue weighted by Gasteiger charge is 2.24. The van der Waals surface area contributed by atoms with Crippen LogP contribution in [0.3, 0.4) is 0 Å². The molecule has 0 fully saturated rings. The zero-order valence-corrected chi connectivity index (χ0v) is 15.8. The maximum atomic E-state index is 12.3. The van der Waals surface area contributed by atoms with Crippen molar-refractivity contribution in [1.82, 2.24) is 19.9 Å². The third-order valence-electron chi connectivity index (χ3n) is 5.20. The minimum absolute atomic E-state index is 0.419. The van der Waals surface area contributed by atoms with Crippen LogP contribution in [0.15, 0.2) is 54.6 Å². The summed E-state index contributed by atoms with van der Waals surface area (Å²) >= 11 is 0. The smallest absolute Gasteiger partial charge is 0.254 e. The van der Waals surface area contributed by atoms with Crippen LogP contribution < -0.4 is 15.8 Å². The highest BCUT2D eigenvalue weighted by molar-refractivity contribution is 6.04. The number of rotatable bonds is 4. The van der Waals surface area contributed by atoms with Crippen LogP contribution in [0.25, 0.3) is 16.9 Å². The Labute approximate surface area is 167 Å². The van der Waals surface area contributed by atoms with E-state index < -0.39 is 5.91 Å². The van der Waals surface area contributed by atoms with E-state index in [2.05, 4.69) is 10.4 Å². The molecule has 0 atom stereocenters. The van der Waals surface area contributed by atoms with Crippen molar-refractivity contribution in [1.29, 1.82) is 0 Å². The van der Waals surface area contributed by atoms with Crippen molar-refractivity contribution in [3.05, 3.63) is 71.5 Å². The molecule has 1 aliphatic rings. The quantitative estimate of drug-likeness (QED) is 0.501. The molecular formula is C22H21N5O2. The molecule has 7 nitrogen and oxygen atoms in total. The van der Waals surface area contributed by atoms with Crippen LogP contribution in [0.4, 0.5) is 0 Å². The lowest BCUT2D eigenvalue weighted by atomic mass is 10.1. The number of fused-ring (bicyclic) bond motifs is 3. The molecule has 3 heterocycles. The highest BCUT2D eigenvalue weighted by atomic mass is 16.5. The maximum Gasteiger partial charge on any atom is 0.254 e. The molecule has 146 valence electrons. The van der Waals surface area contributed by atoms with Crippen LogP contribution in [0.1, 0.15) is 21.7 Å². The Kier molecular flexibility index (Phi) is 4.29. The molecule has 4 N–H and O–H groups in total. The topological polar surface area (TPSA) is 97.4 Å². The minimum Gasteiger partial charge on any atom is -0.457 e. The summed E-state index contributed by atoms with van der Waals surface area (Å²) in [4.78, 5) is 17.0. The van der Waals surface area contributed by atoms with Crippen molar-refractivity contribution in [3.63, 3.8) is 0 Å². The Morgan fingerprint density at radius 2 is 1.72 bits per heavy atom. The molecule has 1 amide bonds. The number of aromatic amines is 1. The monoisotopic (exact) mass is 387 g/mol. The molecular weight excluding hydrogens is 366 g/mol. The first-order chi connectivity index (χ1) is 14.2. The fourth-order valence-electron chi connectivity index (χ4n) is 3.82. The van der Waals surface area contributed by atoms with Gasteiger partial charge in [0.1, 0.15) is 17.1 Å². The summed E-state index contributed by atoms with van der Waals surface area (Å²) in [5.41, 5.74) is 10.4. The van der Waals surface area contributed by atoms with Crippen LogP contribution in [0.2, 0.25) is 0 Å². The van der Waals surface area contributed by atoms with E-state index in [0.717, 1.165) is 54.4 Å². The first-order valence-corrected chi connectivity index (χ1v) is 9.67. The molecule has 7 heteroatoms. The fraction of sp³-hybridized carbons (Fsp3) is 0.182. The van der Waals surface area contributed by atoms with Gasteiger partial charge in [0.15, 0.2) is 5.65 Å². The molecule has 5 rings (SSSR count). The van der Waals surface area contributed by atoms with Gasteiger partial charge in [-0.25, -0.2) is 9.50 Å². The Bertz CT molecular complexity index is 1180. The molecule has 4 aromatic rings. The van der Waals surface area contributed by atoms with Crippen LogP contribution in [0.5, 0.6) is 11.5 Å². The van der Waals surface area contributed by atoms with Crippen molar-refractivity contribution in [3.8, 4) is 22.8 Å². The first-order valence-electron chi connectivity index (χ1n) is 9.67. The number of aromatic nitrogens is 3. The lowest BCUT2D eigenvalue weighted by molar-refractivity contribution is 0.100. The third-order valence-corrected chi connectivity index (χ3v) is 5.20. The van der Waals surface area contributed by atoms with Crippen molar-refractivity contribution < 1.29 is 9.53 Å². The minimum atomic E-state index is -0.492. The Morgan fingerprint density at radius 3 is 2.48 bits per heavy atom. The van der Waals surface area contributed by atoms with Gasteiger partial charge < -0.3 is 15.8 Å². The molecule has 0 saturated heterocycles. The largest absolute Gasteiger partial charge is 0.457 e. The second-order valence-corrected chi connectivity index (χ2v) is 7.08. The second-order valence-electron chi connectivity index (χ2n) is 7.08. The molecule has 2 aromatic heterocycles. The number of ether oxygens (including phenoxy) is 1. The van der Waals surface area contributed by atoms with E-state index in [1.165, 1.54) is 0 Å². The molecule has 2 aromatic carbocycles. The van der Waals surface area contributed by atoms with E-state index in [1.807, 2.05) is 59.1 Å². The van der Waals surface area contributed by atoms with Gasteiger partial charge in [-0.3, -0.25) is 9.89 Å². The molecule has 0 unspecified atom stereocenters. The van der Waals surface area contributed by atoms with Gasteiger partial charge in [-0.15, -0.1) is 0 Å². The van der Waals surface area contributed by atoms with E-state index >= 15 is 0 Å². The zero-order valence-electron chi connectivity index (χ0n) is 15.8. The van der Waals surface area contributed by atoms with Gasteiger partial charge in [0, 0.05) is 31.5 Å². The van der Waals surface area contributed by atoms with Gasteiger partial charge in [0.25, 0.3) is 5.91 Å². The van der Waals surface area contributed by atoms with Crippen molar-refractivity contribution in [2.45, 2.75) is 12.8 Å². The fourth-order valence-corrected chi connectivity index (χ4v) is 3.82. The van der Waals surface area contributed by atoms with Gasteiger partial charge in [0.05, 0.1) is 17.1 Å². The lowest BCUT2D eigenvalue weighted by Crippen LogP contribution is -2.17. The van der Waals surface area contributed by atoms with E-state index in [-0.39, 0.29) is 0 Å². The normalized spacial score (nSPS) is 13.8. The summed E-state index contributed by atoms with van der Waals surface area (Å²) in [6, 6.07) is 17.2. The molecule has 0 bridgehead atoms. The van der Waals surface area contributed by atoms with E-state index in [4.69, 9.17) is 15.5 Å². The number of primary amides is 1. The lowest BCUT2D eigenvalue weighted by Gasteiger charge is -2.07. The van der Waals surface area contributed by atoms with Crippen LogP contribution in [-0.4, -0.2) is 33.6 Å². The number of para-hydroxylation sites is 1. The summed E-state index contributed by atoms with van der Waals surface area (Å²) in [5.74, 6) is 0.999. The predicted octanol–water partition coefficient (Wildman–Crippen LogP) is 2.91. The van der Waals surface area contributed by atoms with Gasteiger partial charge in [0.2, 0.25) is 0 Å². The van der Waals surface area contributed by atoms with Crippen molar-refractivity contribution >= 4 is 11.6 Å². The molecule has 0 spiro atoms. The van der Waals surface area contributed by atoms with Gasteiger partial charge >= 0.3 is 0 Å². The number of hydrogen-bond acceptors (Lipinski definition) is 4. The summed E-state index contributed by atoms with van der Waals surface area (Å²) < 4.78 is 7.76. The number of nitrogens with zero attached hydrogens (tertiary/aromatic N) is 2. The van der Waals surface area contributed by atoms with Gasteiger partial charge in [-0.2, -0.15) is 0 Å². The number of benzene rings is 2. The maximum absolute atomic E-state index is 12.3. The van der Waals surface area contributed by atoms with Gasteiger partial charge in [-0.1, -0.05) is 18.2 Å². The molecule has 0 radical (unpaired) electrons. The number of nitrogens with one attached hydrogen (secondary N) is 2. The number of H-pyrrole nitrogens is 1. The second kappa shape index (κ2) is 7.10. The summed E-state index contributed by atoms with van der Waals surface area (Å²) in [6.45, 7) is 1.77. The first kappa shape index (κ1) is 17.5. The number of imidazole rings is 1. The van der Waals surface area contributed by atoms with Crippen LogP contribution in [-0.2, 0) is 12.8 Å². The summed E-state index contributed by atoms with van der Waals surface area (Å²) in [7, 11) is 0. The number of nitrogens with two attached hydrogens (primary N) is 1. The molecule has 1 aliphatic heterocycles. The molecule has 0 saturated carbocycles. The highest BCUT2D eigenvalue weighted by Crippen LogP contribution is 2.30. The van der Waals surface area contributed by atoms with Crippen molar-refractivity contribution in [2.75, 3.05) is 13.1 Å². The van der Waals surface area contributed by atoms with Crippen LogP contribution in [0, 0.1) is 0 Å². The number of carbonyl (C=O) groups is 1. The van der Waals surface area contributed by atoms with E-state index in [0.29, 0.717) is 16.9 Å². The molecule has 29 heavy (non-hydrogen) atoms. The zero-order chi connectivity index (χ0) is 19.8. The van der Waals surface area contributed by atoms with E-state index in [1.54, 1.807) is 0 Å². The van der Waals surface area contributed by atoms with Crippen molar-refractivity contribution in [2.24, 2.45) is 5.73 Å². The number of hydrogen-bond donors (Lipinski definition) is 3. The predicted molar refractivity (Wildman–Crippen MR) is 110 cm³/mol. The average molecular weight is 387 g/mol. The Balaban J connectivity index is 1.54. The average Bonchev–Trinajstić information content (AvgIpc) is 3.16. The summed E-state index contributed by atoms with van der Waals surface area (Å²) in [6.07, 6.45) is 1.68. The third kappa shape index (κ3) is 3.15. The van der Waals surface area contributed by atoms with Gasteiger partial charge in [-0.05, 0) is 36.4 Å².